The number of fused-ring (bicyclic) bond motifs is 1. The van der Waals surface area contributed by atoms with Gasteiger partial charge >= 0.3 is 6.03 Å². The van der Waals surface area contributed by atoms with Crippen molar-refractivity contribution >= 4 is 58.4 Å². The van der Waals surface area contributed by atoms with Gasteiger partial charge in [0.25, 0.3) is 5.91 Å². The molecule has 1 aliphatic rings. The number of pyridine rings is 1. The van der Waals surface area contributed by atoms with Crippen molar-refractivity contribution in [3.8, 4) is 0 Å². The lowest BCUT2D eigenvalue weighted by Gasteiger charge is -2.20. The summed E-state index contributed by atoms with van der Waals surface area (Å²) in [4.78, 5) is 34.5. The van der Waals surface area contributed by atoms with Crippen molar-refractivity contribution in [1.82, 2.24) is 30.2 Å². The van der Waals surface area contributed by atoms with Crippen molar-refractivity contribution in [3.05, 3.63) is 77.2 Å². The SMILES string of the molecule is CN(c1ccccn1)c1cc(Nc2cccc(Cl)c2)nc2c(/C=C3/NC(=O)NC3=O)cnn12. The van der Waals surface area contributed by atoms with Gasteiger partial charge in [-0.2, -0.15) is 9.61 Å². The fourth-order valence-electron chi connectivity index (χ4n) is 3.39. The first-order valence-corrected chi connectivity index (χ1v) is 10.3. The Labute approximate surface area is 192 Å². The zero-order valence-corrected chi connectivity index (χ0v) is 18.0. The van der Waals surface area contributed by atoms with E-state index in [0.29, 0.717) is 33.7 Å². The number of nitrogens with zero attached hydrogens (tertiary/aromatic N) is 5. The third-order valence-corrected chi connectivity index (χ3v) is 5.17. The zero-order valence-electron chi connectivity index (χ0n) is 17.3. The molecular weight excluding hydrogens is 444 g/mol. The summed E-state index contributed by atoms with van der Waals surface area (Å²) in [5.41, 5.74) is 1.89. The first-order valence-electron chi connectivity index (χ1n) is 9.88. The Kier molecular flexibility index (Phi) is 5.11. The van der Waals surface area contributed by atoms with Gasteiger partial charge < -0.3 is 15.5 Å². The van der Waals surface area contributed by atoms with Crippen LogP contribution in [0.25, 0.3) is 11.7 Å². The predicted molar refractivity (Wildman–Crippen MR) is 125 cm³/mol. The molecule has 0 aliphatic carbocycles. The van der Waals surface area contributed by atoms with Crippen molar-refractivity contribution in [2.75, 3.05) is 17.3 Å². The fourth-order valence-corrected chi connectivity index (χ4v) is 3.58. The number of aromatic nitrogens is 4. The van der Waals surface area contributed by atoms with Gasteiger partial charge in [-0.3, -0.25) is 10.1 Å². The second kappa shape index (κ2) is 8.24. The highest BCUT2D eigenvalue weighted by Crippen LogP contribution is 2.28. The van der Waals surface area contributed by atoms with Crippen LogP contribution in [0.2, 0.25) is 5.02 Å². The third kappa shape index (κ3) is 4.06. The summed E-state index contributed by atoms with van der Waals surface area (Å²) < 4.78 is 1.64. The van der Waals surface area contributed by atoms with Crippen LogP contribution >= 0.6 is 11.6 Å². The number of urea groups is 1. The summed E-state index contributed by atoms with van der Waals surface area (Å²) in [6, 6.07) is 14.1. The summed E-state index contributed by atoms with van der Waals surface area (Å²) in [5.74, 6) is 1.39. The molecule has 5 rings (SSSR count). The van der Waals surface area contributed by atoms with Gasteiger partial charge in [-0.15, -0.1) is 0 Å². The monoisotopic (exact) mass is 460 g/mol. The first kappa shape index (κ1) is 20.5. The van der Waals surface area contributed by atoms with E-state index in [1.807, 2.05) is 48.3 Å². The summed E-state index contributed by atoms with van der Waals surface area (Å²) in [7, 11) is 1.87. The average molecular weight is 461 g/mol. The van der Waals surface area contributed by atoms with Crippen molar-refractivity contribution in [3.63, 3.8) is 0 Å². The van der Waals surface area contributed by atoms with Crippen molar-refractivity contribution < 1.29 is 9.59 Å². The van der Waals surface area contributed by atoms with Gasteiger partial charge in [0.05, 0.1) is 6.20 Å². The van der Waals surface area contributed by atoms with E-state index in [2.05, 4.69) is 26.0 Å². The van der Waals surface area contributed by atoms with Crippen LogP contribution in [0.1, 0.15) is 5.56 Å². The normalized spacial score (nSPS) is 14.4. The molecule has 10 nitrogen and oxygen atoms in total. The molecule has 33 heavy (non-hydrogen) atoms. The largest absolute Gasteiger partial charge is 0.340 e. The predicted octanol–water partition coefficient (Wildman–Crippen LogP) is 3.47. The van der Waals surface area contributed by atoms with Gasteiger partial charge in [0, 0.05) is 35.6 Å². The Morgan fingerprint density at radius 2 is 2.00 bits per heavy atom. The van der Waals surface area contributed by atoms with Crippen LogP contribution in [0.15, 0.2) is 66.6 Å². The number of amides is 3. The number of imide groups is 1. The van der Waals surface area contributed by atoms with Gasteiger partial charge in [-0.25, -0.2) is 14.8 Å². The maximum Gasteiger partial charge on any atom is 0.326 e. The number of hydrogen-bond donors (Lipinski definition) is 3. The van der Waals surface area contributed by atoms with Crippen LogP contribution in [-0.4, -0.2) is 38.6 Å². The molecule has 3 N–H and O–H groups in total. The second-order valence-corrected chi connectivity index (χ2v) is 7.62. The van der Waals surface area contributed by atoms with E-state index in [-0.39, 0.29) is 5.70 Å². The molecule has 0 unspecified atom stereocenters. The molecule has 3 amide bonds. The molecule has 4 heterocycles. The van der Waals surface area contributed by atoms with Crippen LogP contribution in [0.5, 0.6) is 0 Å². The number of benzene rings is 1. The number of rotatable bonds is 5. The minimum absolute atomic E-state index is 0.115. The lowest BCUT2D eigenvalue weighted by molar-refractivity contribution is -0.115. The van der Waals surface area contributed by atoms with E-state index in [0.717, 1.165) is 5.69 Å². The minimum Gasteiger partial charge on any atom is -0.340 e. The van der Waals surface area contributed by atoms with Gasteiger partial charge in [-0.1, -0.05) is 23.7 Å². The highest BCUT2D eigenvalue weighted by atomic mass is 35.5. The van der Waals surface area contributed by atoms with Crippen molar-refractivity contribution in [1.29, 1.82) is 0 Å². The fraction of sp³-hybridized carbons (Fsp3) is 0.0455. The van der Waals surface area contributed by atoms with Crippen molar-refractivity contribution in [2.45, 2.75) is 0 Å². The van der Waals surface area contributed by atoms with E-state index in [4.69, 9.17) is 16.6 Å². The molecule has 4 aromatic rings. The van der Waals surface area contributed by atoms with E-state index >= 15 is 0 Å². The highest BCUT2D eigenvalue weighted by molar-refractivity contribution is 6.30. The molecule has 1 aromatic carbocycles. The molecule has 1 fully saturated rings. The second-order valence-electron chi connectivity index (χ2n) is 7.18. The highest BCUT2D eigenvalue weighted by Gasteiger charge is 2.24. The lowest BCUT2D eigenvalue weighted by Crippen LogP contribution is -2.22. The van der Waals surface area contributed by atoms with Crippen LogP contribution in [0.3, 0.4) is 0 Å². The van der Waals surface area contributed by atoms with E-state index in [1.54, 1.807) is 29.0 Å². The maximum atomic E-state index is 12.0. The summed E-state index contributed by atoms with van der Waals surface area (Å²) >= 11 is 6.13. The molecule has 11 heteroatoms. The molecule has 164 valence electrons. The van der Waals surface area contributed by atoms with Crippen LogP contribution < -0.4 is 20.9 Å². The Morgan fingerprint density at radius 3 is 2.73 bits per heavy atom. The molecule has 1 saturated heterocycles. The number of anilines is 4. The number of carbonyl (C=O) groups excluding carboxylic acids is 2. The number of hydrogen-bond acceptors (Lipinski definition) is 7. The maximum absolute atomic E-state index is 12.0. The molecule has 0 saturated carbocycles. The third-order valence-electron chi connectivity index (χ3n) is 4.93. The lowest BCUT2D eigenvalue weighted by atomic mass is 10.2. The standard InChI is InChI=1S/C22H17ClN8O2/c1-30(18-7-2-3-8-24-18)19-11-17(26-15-6-4-5-14(23)10-15)28-20-13(12-25-31(19)20)9-16-21(32)29-22(33)27-16/h2-12H,1H3,(H,26,28)(H2,27,29,32,33)/b16-9+. The molecule has 0 bridgehead atoms. The first-order chi connectivity index (χ1) is 16.0. The Bertz CT molecular complexity index is 1420. The quantitative estimate of drug-likeness (QED) is 0.308. The molecule has 0 atom stereocenters. The van der Waals surface area contributed by atoms with Gasteiger partial charge in [0.2, 0.25) is 0 Å². The van der Waals surface area contributed by atoms with E-state index in [1.165, 1.54) is 6.08 Å². The topological polar surface area (TPSA) is 117 Å². The molecule has 1 aliphatic heterocycles. The van der Waals surface area contributed by atoms with E-state index in [9.17, 15) is 9.59 Å². The Hall–Kier alpha value is -4.44. The minimum atomic E-state index is -0.574. The summed E-state index contributed by atoms with van der Waals surface area (Å²) in [5, 5.41) is 13.0. The average Bonchev–Trinajstić information content (AvgIpc) is 3.35. The summed E-state index contributed by atoms with van der Waals surface area (Å²) in [6.07, 6.45) is 4.81. The molecule has 0 spiro atoms. The molecule has 3 aromatic heterocycles. The van der Waals surface area contributed by atoms with Crippen molar-refractivity contribution in [2.24, 2.45) is 0 Å². The number of halogens is 1. The molecule has 0 radical (unpaired) electrons. The van der Waals surface area contributed by atoms with Gasteiger partial charge in [0.15, 0.2) is 5.65 Å². The Balaban J connectivity index is 1.64. The van der Waals surface area contributed by atoms with Gasteiger partial charge in [-0.05, 0) is 36.4 Å². The van der Waals surface area contributed by atoms with Crippen LogP contribution in [0, 0.1) is 0 Å². The Morgan fingerprint density at radius 1 is 1.12 bits per heavy atom. The van der Waals surface area contributed by atoms with Crippen LogP contribution in [0.4, 0.5) is 27.9 Å². The zero-order chi connectivity index (χ0) is 22.9. The molecular formula is C22H17ClN8O2. The van der Waals surface area contributed by atoms with Gasteiger partial charge in [0.1, 0.15) is 23.2 Å². The number of carbonyl (C=O) groups is 2. The van der Waals surface area contributed by atoms with E-state index < -0.39 is 11.9 Å². The summed E-state index contributed by atoms with van der Waals surface area (Å²) in [6.45, 7) is 0. The van der Waals surface area contributed by atoms with Crippen LogP contribution in [-0.2, 0) is 4.79 Å². The smallest absolute Gasteiger partial charge is 0.326 e. The number of nitrogens with one attached hydrogen (secondary N) is 3.